The summed E-state index contributed by atoms with van der Waals surface area (Å²) < 4.78 is 0. The minimum Gasteiger partial charge on any atom is -0.222 e. The van der Waals surface area contributed by atoms with Gasteiger partial charge in [-0.05, 0) is 24.0 Å². The molecule has 0 aliphatic heterocycles. The molecule has 0 fully saturated rings. The molecule has 0 heterocycles. The Morgan fingerprint density at radius 1 is 0.864 bits per heavy atom. The maximum Gasteiger partial charge on any atom is 0.231 e. The van der Waals surface area contributed by atoms with Crippen LogP contribution in [-0.4, -0.2) is 6.08 Å². The first kappa shape index (κ1) is 17.4. The van der Waals surface area contributed by atoms with E-state index in [0.717, 1.165) is 18.9 Å². The van der Waals surface area contributed by atoms with E-state index < -0.39 is 0 Å². The van der Waals surface area contributed by atoms with Gasteiger partial charge in [-0.25, -0.2) is 10.2 Å². The van der Waals surface area contributed by atoms with Crippen molar-refractivity contribution in [1.29, 1.82) is 5.41 Å². The van der Waals surface area contributed by atoms with Crippen molar-refractivity contribution in [2.75, 3.05) is 0 Å². The molecule has 2 aromatic rings. The lowest BCUT2D eigenvalue weighted by atomic mass is 9.70. The van der Waals surface area contributed by atoms with E-state index in [1.165, 1.54) is 11.1 Å². The standard InChI is InChI=1S/C19H20.CHNO/c1-3-15-19(16-4-2,17-11-7-5-8-12-17)18-13-9-6-10-14-18;2-1-3/h3-14H,1-2,15-16H2;2H. The molecule has 0 aromatic heterocycles. The first-order chi connectivity index (χ1) is 10.7. The van der Waals surface area contributed by atoms with Gasteiger partial charge < -0.3 is 0 Å². The van der Waals surface area contributed by atoms with Gasteiger partial charge in [0.2, 0.25) is 6.08 Å². The Hall–Kier alpha value is -2.70. The summed E-state index contributed by atoms with van der Waals surface area (Å²) in [6.45, 7) is 7.89. The lowest BCUT2D eigenvalue weighted by molar-refractivity contribution is 0.529. The summed E-state index contributed by atoms with van der Waals surface area (Å²) in [4.78, 5) is 8.35. The largest absolute Gasteiger partial charge is 0.231 e. The predicted molar refractivity (Wildman–Crippen MR) is 91.7 cm³/mol. The van der Waals surface area contributed by atoms with Crippen molar-refractivity contribution >= 4 is 6.08 Å². The van der Waals surface area contributed by atoms with Crippen molar-refractivity contribution in [2.24, 2.45) is 0 Å². The van der Waals surface area contributed by atoms with Crippen LogP contribution in [-0.2, 0) is 10.2 Å². The van der Waals surface area contributed by atoms with Crippen LogP contribution in [0, 0.1) is 5.41 Å². The van der Waals surface area contributed by atoms with Crippen LogP contribution in [0.2, 0.25) is 0 Å². The fourth-order valence-corrected chi connectivity index (χ4v) is 2.73. The molecule has 0 aliphatic rings. The summed E-state index contributed by atoms with van der Waals surface area (Å²) in [7, 11) is 0. The van der Waals surface area contributed by atoms with Crippen LogP contribution in [0.15, 0.2) is 86.0 Å². The number of nitrogens with one attached hydrogen (secondary N) is 1. The van der Waals surface area contributed by atoms with Crippen LogP contribution in [0.5, 0.6) is 0 Å². The summed E-state index contributed by atoms with van der Waals surface area (Å²) in [5.41, 5.74) is 2.59. The van der Waals surface area contributed by atoms with Gasteiger partial charge in [-0.3, -0.25) is 0 Å². The van der Waals surface area contributed by atoms with E-state index in [1.807, 2.05) is 12.2 Å². The Kier molecular flexibility index (Phi) is 7.32. The Balaban J connectivity index is 0.000000745. The van der Waals surface area contributed by atoms with E-state index in [9.17, 15) is 0 Å². The average Bonchev–Trinajstić information content (AvgIpc) is 2.57. The normalized spacial score (nSPS) is 9.82. The van der Waals surface area contributed by atoms with Gasteiger partial charge in [0, 0.05) is 5.41 Å². The predicted octanol–water partition coefficient (Wildman–Crippen LogP) is 5.03. The van der Waals surface area contributed by atoms with E-state index in [2.05, 4.69) is 73.8 Å². The first-order valence-electron chi connectivity index (χ1n) is 7.12. The van der Waals surface area contributed by atoms with E-state index in [-0.39, 0.29) is 5.41 Å². The molecule has 0 bridgehead atoms. The smallest absolute Gasteiger partial charge is 0.222 e. The van der Waals surface area contributed by atoms with Gasteiger partial charge in [-0.1, -0.05) is 72.8 Å². The quantitative estimate of drug-likeness (QED) is 0.453. The fraction of sp³-hybridized carbons (Fsp3) is 0.150. The molecule has 0 spiro atoms. The molecule has 0 amide bonds. The first-order valence-corrected chi connectivity index (χ1v) is 7.12. The molecule has 112 valence electrons. The van der Waals surface area contributed by atoms with Gasteiger partial charge in [0.1, 0.15) is 0 Å². The van der Waals surface area contributed by atoms with Crippen LogP contribution in [0.1, 0.15) is 24.0 Å². The number of hydrogen-bond acceptors (Lipinski definition) is 2. The zero-order valence-corrected chi connectivity index (χ0v) is 12.7. The van der Waals surface area contributed by atoms with Crippen molar-refractivity contribution in [3.8, 4) is 0 Å². The van der Waals surface area contributed by atoms with Gasteiger partial charge in [-0.15, -0.1) is 13.2 Å². The monoisotopic (exact) mass is 291 g/mol. The third-order valence-corrected chi connectivity index (χ3v) is 3.64. The maximum atomic E-state index is 8.35. The van der Waals surface area contributed by atoms with E-state index in [0.29, 0.717) is 0 Å². The van der Waals surface area contributed by atoms with E-state index >= 15 is 0 Å². The van der Waals surface area contributed by atoms with E-state index in [1.54, 1.807) is 0 Å². The van der Waals surface area contributed by atoms with Crippen molar-refractivity contribution in [3.63, 3.8) is 0 Å². The number of allylic oxidation sites excluding steroid dienone is 2. The number of benzene rings is 2. The van der Waals surface area contributed by atoms with Gasteiger partial charge in [0.05, 0.1) is 0 Å². The fourth-order valence-electron chi connectivity index (χ4n) is 2.73. The molecule has 0 aliphatic carbocycles. The highest BCUT2D eigenvalue weighted by atomic mass is 16.1. The second-order valence-electron chi connectivity index (χ2n) is 4.90. The Morgan fingerprint density at radius 3 is 1.45 bits per heavy atom. The van der Waals surface area contributed by atoms with Crippen LogP contribution in [0.4, 0.5) is 0 Å². The summed E-state index contributed by atoms with van der Waals surface area (Å²) in [6.07, 6.45) is 6.58. The van der Waals surface area contributed by atoms with Gasteiger partial charge in [0.15, 0.2) is 0 Å². The molecule has 0 radical (unpaired) electrons. The Bertz CT molecular complexity index is 559. The summed E-state index contributed by atoms with van der Waals surface area (Å²) in [6, 6.07) is 21.3. The molecule has 2 heteroatoms. The third kappa shape index (κ3) is 4.15. The molecule has 1 N–H and O–H groups in total. The van der Waals surface area contributed by atoms with Crippen molar-refractivity contribution in [2.45, 2.75) is 18.3 Å². The molecule has 2 aromatic carbocycles. The number of hydrogen-bond donors (Lipinski definition) is 1. The Morgan fingerprint density at radius 2 is 1.18 bits per heavy atom. The van der Waals surface area contributed by atoms with Crippen LogP contribution >= 0.6 is 0 Å². The zero-order valence-electron chi connectivity index (χ0n) is 12.7. The molecule has 0 saturated heterocycles. The topological polar surface area (TPSA) is 40.9 Å². The maximum absolute atomic E-state index is 8.35. The van der Waals surface area contributed by atoms with Crippen molar-refractivity contribution in [3.05, 3.63) is 97.1 Å². The lowest BCUT2D eigenvalue weighted by Crippen LogP contribution is -2.26. The molecule has 0 unspecified atom stereocenters. The molecular formula is C20H21NO. The molecule has 0 saturated carbocycles. The highest BCUT2D eigenvalue weighted by molar-refractivity contribution is 5.40. The van der Waals surface area contributed by atoms with Gasteiger partial charge in [-0.2, -0.15) is 0 Å². The highest BCUT2D eigenvalue weighted by Crippen LogP contribution is 2.39. The number of rotatable bonds is 6. The minimum absolute atomic E-state index is 0.0496. The summed E-state index contributed by atoms with van der Waals surface area (Å²) >= 11 is 0. The number of isocyanates is 1. The van der Waals surface area contributed by atoms with Gasteiger partial charge in [0.25, 0.3) is 0 Å². The van der Waals surface area contributed by atoms with Gasteiger partial charge >= 0.3 is 0 Å². The Labute approximate surface area is 132 Å². The zero-order chi connectivity index (χ0) is 16.3. The molecule has 22 heavy (non-hydrogen) atoms. The lowest BCUT2D eigenvalue weighted by Gasteiger charge is -2.33. The molecule has 2 rings (SSSR count). The molecule has 0 atom stereocenters. The number of carbonyl (C=O) groups excluding carboxylic acids is 1. The van der Waals surface area contributed by atoms with Crippen LogP contribution in [0.3, 0.4) is 0 Å². The molecule has 2 nitrogen and oxygen atoms in total. The minimum atomic E-state index is -0.0496. The highest BCUT2D eigenvalue weighted by Gasteiger charge is 2.31. The average molecular weight is 291 g/mol. The second kappa shape index (κ2) is 9.28. The molecular weight excluding hydrogens is 270 g/mol. The van der Waals surface area contributed by atoms with Crippen LogP contribution < -0.4 is 0 Å². The van der Waals surface area contributed by atoms with E-state index in [4.69, 9.17) is 10.2 Å². The summed E-state index contributed by atoms with van der Waals surface area (Å²) in [5.74, 6) is 0. The third-order valence-electron chi connectivity index (χ3n) is 3.64. The summed E-state index contributed by atoms with van der Waals surface area (Å²) in [5, 5.41) is 5.40. The van der Waals surface area contributed by atoms with Crippen molar-refractivity contribution in [1.82, 2.24) is 0 Å². The van der Waals surface area contributed by atoms with Crippen LogP contribution in [0.25, 0.3) is 0 Å². The SMILES string of the molecule is C=CCC(CC=C)(c1ccccc1)c1ccccc1.N=C=O. The van der Waals surface area contributed by atoms with Crippen molar-refractivity contribution < 1.29 is 4.79 Å². The second-order valence-corrected chi connectivity index (χ2v) is 4.90.